The number of thioether (sulfide) groups is 1. The van der Waals surface area contributed by atoms with Gasteiger partial charge in [0.25, 0.3) is 0 Å². The van der Waals surface area contributed by atoms with Crippen molar-refractivity contribution in [2.24, 2.45) is 11.8 Å². The fourth-order valence-electron chi connectivity index (χ4n) is 4.68. The predicted molar refractivity (Wildman–Crippen MR) is 124 cm³/mol. The van der Waals surface area contributed by atoms with Gasteiger partial charge in [-0.2, -0.15) is 0 Å². The Bertz CT molecular complexity index is 1040. The van der Waals surface area contributed by atoms with Crippen molar-refractivity contribution in [3.05, 3.63) is 65.6 Å². The van der Waals surface area contributed by atoms with Gasteiger partial charge in [-0.25, -0.2) is 4.79 Å². The van der Waals surface area contributed by atoms with Crippen molar-refractivity contribution in [3.63, 3.8) is 0 Å². The van der Waals surface area contributed by atoms with Crippen LogP contribution in [0, 0.1) is 11.8 Å². The zero-order chi connectivity index (χ0) is 23.5. The van der Waals surface area contributed by atoms with Crippen LogP contribution in [0.15, 0.2) is 65.0 Å². The predicted octanol–water partition coefficient (Wildman–Crippen LogP) is 3.43. The molecule has 0 radical (unpaired) electrons. The number of β-lactam (4-membered cyclic amide) rings is 1. The molecule has 1 aromatic heterocycles. The van der Waals surface area contributed by atoms with Crippen LogP contribution in [0.5, 0.6) is 5.75 Å². The number of aliphatic hydroxyl groups is 1. The fraction of sp³-hybridized carbons (Fsp3) is 0.400. The van der Waals surface area contributed by atoms with E-state index in [4.69, 9.17) is 9.47 Å². The van der Waals surface area contributed by atoms with Gasteiger partial charge < -0.3 is 19.5 Å². The SMILES string of the molecule is CCC1C(CSc2ccncc2)=C(C(=O)OCc2ccc(OC)cc2)N2C(=O)[C@H](C(C)O)[C@H]12. The minimum absolute atomic E-state index is 0.000161. The van der Waals surface area contributed by atoms with E-state index in [0.29, 0.717) is 11.4 Å². The number of aliphatic hydroxyl groups excluding tert-OH is 1. The fourth-order valence-corrected chi connectivity index (χ4v) is 5.66. The summed E-state index contributed by atoms with van der Waals surface area (Å²) in [6, 6.07) is 10.9. The lowest BCUT2D eigenvalue weighted by molar-refractivity contribution is -0.164. The first kappa shape index (κ1) is 23.3. The molecule has 2 aliphatic rings. The maximum absolute atomic E-state index is 13.3. The molecule has 2 aromatic rings. The molecule has 0 aliphatic carbocycles. The first-order valence-electron chi connectivity index (χ1n) is 11.0. The topological polar surface area (TPSA) is 89.0 Å². The number of esters is 1. The molecule has 1 aromatic carbocycles. The third-order valence-electron chi connectivity index (χ3n) is 6.32. The molecule has 1 fully saturated rings. The monoisotopic (exact) mass is 468 g/mol. The summed E-state index contributed by atoms with van der Waals surface area (Å²) in [5, 5.41) is 10.2. The summed E-state index contributed by atoms with van der Waals surface area (Å²) < 4.78 is 10.8. The third-order valence-corrected chi connectivity index (χ3v) is 7.38. The van der Waals surface area contributed by atoms with E-state index >= 15 is 0 Å². The van der Waals surface area contributed by atoms with Crippen LogP contribution in [0.25, 0.3) is 0 Å². The first-order valence-corrected chi connectivity index (χ1v) is 12.0. The number of carbonyl (C=O) groups is 2. The van der Waals surface area contributed by atoms with E-state index in [9.17, 15) is 14.7 Å². The molecule has 4 rings (SSSR count). The lowest BCUT2D eigenvalue weighted by Crippen LogP contribution is -2.63. The van der Waals surface area contributed by atoms with Gasteiger partial charge in [-0.3, -0.25) is 9.78 Å². The zero-order valence-corrected chi connectivity index (χ0v) is 19.7. The Balaban J connectivity index is 1.58. The number of aromatic nitrogens is 1. The van der Waals surface area contributed by atoms with Crippen LogP contribution in [-0.2, 0) is 20.9 Å². The molecule has 8 heteroatoms. The minimum Gasteiger partial charge on any atom is -0.497 e. The van der Waals surface area contributed by atoms with Gasteiger partial charge in [-0.1, -0.05) is 19.1 Å². The maximum Gasteiger partial charge on any atom is 0.355 e. The number of fused-ring (bicyclic) bond motifs is 1. The van der Waals surface area contributed by atoms with E-state index in [1.807, 2.05) is 43.3 Å². The molecule has 7 nitrogen and oxygen atoms in total. The molecule has 0 saturated carbocycles. The molecule has 2 unspecified atom stereocenters. The highest BCUT2D eigenvalue weighted by atomic mass is 32.2. The number of pyridine rings is 1. The van der Waals surface area contributed by atoms with Crippen LogP contribution in [0.4, 0.5) is 0 Å². The average Bonchev–Trinajstić information content (AvgIpc) is 3.11. The van der Waals surface area contributed by atoms with Gasteiger partial charge in [0.05, 0.1) is 25.2 Å². The van der Waals surface area contributed by atoms with Gasteiger partial charge in [0.1, 0.15) is 18.1 Å². The van der Waals surface area contributed by atoms with Crippen molar-refractivity contribution in [3.8, 4) is 5.75 Å². The van der Waals surface area contributed by atoms with Crippen LogP contribution >= 0.6 is 11.8 Å². The molecule has 3 heterocycles. The van der Waals surface area contributed by atoms with E-state index in [-0.39, 0.29) is 24.5 Å². The number of nitrogens with zero attached hydrogens (tertiary/aromatic N) is 2. The molecular weight excluding hydrogens is 440 g/mol. The molecule has 0 bridgehead atoms. The Morgan fingerprint density at radius 2 is 1.91 bits per heavy atom. The summed E-state index contributed by atoms with van der Waals surface area (Å²) in [4.78, 5) is 32.8. The Hall–Kier alpha value is -2.84. The van der Waals surface area contributed by atoms with Crippen LogP contribution in [0.1, 0.15) is 25.8 Å². The van der Waals surface area contributed by atoms with Gasteiger partial charge in [0.2, 0.25) is 5.91 Å². The molecule has 33 heavy (non-hydrogen) atoms. The highest BCUT2D eigenvalue weighted by Crippen LogP contribution is 2.49. The summed E-state index contributed by atoms with van der Waals surface area (Å²) in [6.07, 6.45) is 3.45. The van der Waals surface area contributed by atoms with E-state index in [1.54, 1.807) is 43.1 Å². The third kappa shape index (κ3) is 4.50. The number of rotatable bonds is 9. The van der Waals surface area contributed by atoms with Gasteiger partial charge in [-0.05, 0) is 48.7 Å². The second kappa shape index (κ2) is 9.97. The zero-order valence-electron chi connectivity index (χ0n) is 18.9. The first-order chi connectivity index (χ1) is 16.0. The Labute approximate surface area is 197 Å². The van der Waals surface area contributed by atoms with E-state index in [1.165, 1.54) is 0 Å². The van der Waals surface area contributed by atoms with Gasteiger partial charge in [0, 0.05) is 29.0 Å². The summed E-state index contributed by atoms with van der Waals surface area (Å²) in [5.74, 6) is 0.0663. The molecular formula is C25H28N2O5S. The highest BCUT2D eigenvalue weighted by molar-refractivity contribution is 7.99. The van der Waals surface area contributed by atoms with Crippen molar-refractivity contribution in [2.75, 3.05) is 12.9 Å². The molecule has 4 atom stereocenters. The quantitative estimate of drug-likeness (QED) is 0.343. The van der Waals surface area contributed by atoms with Crippen molar-refractivity contribution < 1.29 is 24.2 Å². The number of amides is 1. The minimum atomic E-state index is -0.767. The second-order valence-corrected chi connectivity index (χ2v) is 9.30. The highest BCUT2D eigenvalue weighted by Gasteiger charge is 2.60. The number of methoxy groups -OCH3 is 1. The largest absolute Gasteiger partial charge is 0.497 e. The van der Waals surface area contributed by atoms with Crippen LogP contribution in [0.3, 0.4) is 0 Å². The standard InChI is InChI=1S/C25H28N2O5S/c1-4-19-20(14-33-18-9-11-26-12-10-18)23(27-22(19)21(15(2)28)24(27)29)25(30)32-13-16-5-7-17(31-3)8-6-16/h5-12,15,19,21-22,28H,4,13-14H2,1-3H3/t15?,19?,21-,22+/m1/s1. The summed E-state index contributed by atoms with van der Waals surface area (Å²) >= 11 is 1.60. The van der Waals surface area contributed by atoms with E-state index in [2.05, 4.69) is 4.98 Å². The van der Waals surface area contributed by atoms with E-state index in [0.717, 1.165) is 28.2 Å². The number of benzene rings is 1. The maximum atomic E-state index is 13.3. The molecule has 2 aliphatic heterocycles. The van der Waals surface area contributed by atoms with Crippen LogP contribution in [0.2, 0.25) is 0 Å². The Morgan fingerprint density at radius 1 is 1.21 bits per heavy atom. The number of carbonyl (C=O) groups excluding carboxylic acids is 2. The molecule has 1 amide bonds. The van der Waals surface area contributed by atoms with Gasteiger partial charge in [0.15, 0.2) is 0 Å². The second-order valence-electron chi connectivity index (χ2n) is 8.25. The van der Waals surface area contributed by atoms with Gasteiger partial charge >= 0.3 is 5.97 Å². The summed E-state index contributed by atoms with van der Waals surface area (Å²) in [6.45, 7) is 3.78. The Kier molecular flexibility index (Phi) is 7.05. The molecule has 1 N–H and O–H groups in total. The summed E-state index contributed by atoms with van der Waals surface area (Å²) in [7, 11) is 1.60. The summed E-state index contributed by atoms with van der Waals surface area (Å²) in [5.41, 5.74) is 2.07. The van der Waals surface area contributed by atoms with Crippen molar-refractivity contribution >= 4 is 23.6 Å². The molecule has 0 spiro atoms. The van der Waals surface area contributed by atoms with Crippen molar-refractivity contribution in [2.45, 2.75) is 43.9 Å². The number of ether oxygens (including phenoxy) is 2. The van der Waals surface area contributed by atoms with E-state index < -0.39 is 18.0 Å². The van der Waals surface area contributed by atoms with Crippen LogP contribution in [-0.4, -0.2) is 51.9 Å². The van der Waals surface area contributed by atoms with Crippen LogP contribution < -0.4 is 4.74 Å². The number of hydrogen-bond donors (Lipinski definition) is 1. The lowest BCUT2D eigenvalue weighted by Gasteiger charge is -2.47. The smallest absolute Gasteiger partial charge is 0.355 e. The number of hydrogen-bond acceptors (Lipinski definition) is 7. The van der Waals surface area contributed by atoms with Crippen molar-refractivity contribution in [1.82, 2.24) is 9.88 Å². The molecule has 1 saturated heterocycles. The molecule has 174 valence electrons. The van der Waals surface area contributed by atoms with Gasteiger partial charge in [-0.15, -0.1) is 11.8 Å². The average molecular weight is 469 g/mol. The van der Waals surface area contributed by atoms with Crippen molar-refractivity contribution in [1.29, 1.82) is 0 Å². The Morgan fingerprint density at radius 3 is 2.52 bits per heavy atom. The normalized spacial score (nSPS) is 22.6. The lowest BCUT2D eigenvalue weighted by atomic mass is 9.76.